The molecule has 26 heteroatoms. The van der Waals surface area contributed by atoms with Gasteiger partial charge in [-0.3, -0.25) is 14.4 Å². The minimum Gasteiger partial charge on any atom is -0.456 e. The van der Waals surface area contributed by atoms with Crippen LogP contribution in [-0.4, -0.2) is 192 Å². The molecule has 0 unspecified atom stereocenters. The molecule has 2 heterocycles. The van der Waals surface area contributed by atoms with Crippen LogP contribution in [0.2, 0.25) is 6.82 Å². The van der Waals surface area contributed by atoms with E-state index in [1.165, 1.54) is 27.6 Å². The van der Waals surface area contributed by atoms with E-state index >= 15 is 0 Å². The number of esters is 2. The summed E-state index contributed by atoms with van der Waals surface area (Å²) in [4.78, 5) is 65.9. The summed E-state index contributed by atoms with van der Waals surface area (Å²) in [6.45, 7) is 24.9. The molecule has 6 fully saturated rings. The SMILES string of the molecule is CC(=O)N[C@@H](C)[C@@H](O)C(=O)O[C@H]1C[C@@]2(O)[C@@H](C)[C@@H]3[C@]4(O)CO[C@@H]4C[C@H](O)[C@@]3(C)C(=O)[C@H](O)C(=C1C)C2(C)C.CN[C@@H](C)[C@@H](OB(C)O)C(=O)O[C@H]1C[C@@]2(O)[C@@H](C)[C@@H]3[C@]4(O)CO[C@@H]4C[C@H](C)[C@@]3(C)C(=O)[C@H](O)C(=C1C)C2(C)C.[Ac].[Ac].[Ac].[Ac]. The molecule has 21 nitrogen and oxygen atoms in total. The number of aliphatic hydroxyl groups is 8. The maximum atomic E-state index is 14.3. The van der Waals surface area contributed by atoms with E-state index in [1.807, 2.05) is 13.8 Å². The summed E-state index contributed by atoms with van der Waals surface area (Å²) in [6, 6.07) is -1.43. The average Bonchev–Trinajstić information content (AvgIpc) is 3.33. The Morgan fingerprint density at radius 2 is 1.07 bits per heavy atom. The average molecular weight is 2000 g/mol. The number of carbonyl (C=O) groups excluding carboxylic acids is 5. The third-order valence-corrected chi connectivity index (χ3v) is 21.3. The van der Waals surface area contributed by atoms with Gasteiger partial charge in [-0.1, -0.05) is 55.4 Å². The molecule has 81 heavy (non-hydrogen) atoms. The summed E-state index contributed by atoms with van der Waals surface area (Å²) in [5, 5.41) is 109. The fourth-order valence-electron chi connectivity index (χ4n) is 16.3. The predicted molar refractivity (Wildman–Crippen MR) is 276 cm³/mol. The van der Waals surface area contributed by atoms with Crippen molar-refractivity contribution in [2.24, 2.45) is 51.2 Å². The molecule has 2 aliphatic heterocycles. The van der Waals surface area contributed by atoms with E-state index in [0.717, 1.165) is 0 Å². The second-order valence-electron chi connectivity index (χ2n) is 25.8. The summed E-state index contributed by atoms with van der Waals surface area (Å²) in [6.07, 6.45) is -10.3. The fourth-order valence-corrected chi connectivity index (χ4v) is 16.3. The van der Waals surface area contributed by atoms with Gasteiger partial charge >= 0.3 is 19.1 Å². The number of likely N-dealkylation sites (N-methyl/N-ethyl adjacent to an activating group) is 1. The molecule has 22 atom stereocenters. The van der Waals surface area contributed by atoms with Crippen molar-refractivity contribution >= 4 is 36.5 Å². The van der Waals surface area contributed by atoms with Gasteiger partial charge in [0.25, 0.3) is 0 Å². The number of ketones is 2. The number of Topliss-reactive ketones (excluding diaryl/α,β-unsaturated/α-hetero) is 2. The molecule has 11 N–H and O–H groups in total. The largest absolute Gasteiger partial charge is 0.456 e. The van der Waals surface area contributed by atoms with Crippen LogP contribution in [0.1, 0.15) is 123 Å². The molecule has 4 radical (unpaired) electrons. The van der Waals surface area contributed by atoms with Crippen LogP contribution < -0.4 is 10.6 Å². The number of ether oxygens (including phenoxy) is 4. The Kier molecular flexibility index (Phi) is 26.3. The summed E-state index contributed by atoms with van der Waals surface area (Å²) in [5.41, 5.74) is -9.74. The first-order chi connectivity index (χ1) is 35.2. The van der Waals surface area contributed by atoms with E-state index in [2.05, 4.69) is 10.6 Å². The van der Waals surface area contributed by atoms with Crippen molar-refractivity contribution < 1.29 is 270 Å². The Bertz CT molecular complexity index is 2470. The number of carbonyl (C=O) groups is 5. The van der Waals surface area contributed by atoms with Crippen LogP contribution in [0.5, 0.6) is 0 Å². The molecule has 4 saturated carbocycles. The molecule has 4 bridgehead atoms. The zero-order valence-electron chi connectivity index (χ0n) is 50.0. The van der Waals surface area contributed by atoms with Gasteiger partial charge in [0, 0.05) is 237 Å². The van der Waals surface area contributed by atoms with E-state index in [4.69, 9.17) is 23.6 Å². The molecule has 0 aromatic heterocycles. The maximum Gasteiger partial charge on any atom is 0.451 e. The number of hydrogen-bond acceptors (Lipinski definition) is 20. The number of fused-ring (bicyclic) bond motifs is 10. The second kappa shape index (κ2) is 27.4. The van der Waals surface area contributed by atoms with Crippen molar-refractivity contribution in [3.8, 4) is 0 Å². The minimum atomic E-state index is -1.75. The first-order valence-electron chi connectivity index (χ1n) is 27.3. The van der Waals surface area contributed by atoms with Gasteiger partial charge in [0.15, 0.2) is 23.8 Å². The van der Waals surface area contributed by atoms with Crippen LogP contribution in [0.25, 0.3) is 0 Å². The van der Waals surface area contributed by atoms with E-state index < -0.39 is 171 Å². The van der Waals surface area contributed by atoms with Crippen LogP contribution in [0.3, 0.4) is 0 Å². The van der Waals surface area contributed by atoms with E-state index in [9.17, 15) is 69.8 Å². The maximum absolute atomic E-state index is 14.3. The van der Waals surface area contributed by atoms with Gasteiger partial charge in [-0.05, 0) is 95.0 Å². The Hall–Kier alpha value is 2.54. The first kappa shape index (κ1) is 77.8. The predicted octanol–water partition coefficient (Wildman–Crippen LogP) is 0.209. The van der Waals surface area contributed by atoms with Gasteiger partial charge < -0.3 is 80.1 Å². The number of nitrogens with one attached hydrogen (secondary N) is 2. The van der Waals surface area contributed by atoms with Gasteiger partial charge in [0.05, 0.1) is 54.2 Å². The Morgan fingerprint density at radius 3 is 1.46 bits per heavy atom. The Labute approximate surface area is 620 Å². The number of hydrogen-bond donors (Lipinski definition) is 11. The summed E-state index contributed by atoms with van der Waals surface area (Å²) >= 11 is 0. The van der Waals surface area contributed by atoms with Gasteiger partial charge in [0.1, 0.15) is 35.6 Å². The smallest absolute Gasteiger partial charge is 0.451 e. The summed E-state index contributed by atoms with van der Waals surface area (Å²) < 4.78 is 28.3. The third-order valence-electron chi connectivity index (χ3n) is 21.3. The van der Waals surface area contributed by atoms with Crippen molar-refractivity contribution in [3.05, 3.63) is 22.3 Å². The van der Waals surface area contributed by atoms with Crippen LogP contribution in [-0.2, 0) is 47.6 Å². The molecule has 2 saturated heterocycles. The van der Waals surface area contributed by atoms with Gasteiger partial charge in [-0.25, -0.2) is 9.59 Å². The Morgan fingerprint density at radius 1 is 0.679 bits per heavy atom. The zero-order chi connectivity index (χ0) is 58.2. The number of rotatable bonds is 10. The third kappa shape index (κ3) is 12.3. The molecule has 8 rings (SSSR count). The van der Waals surface area contributed by atoms with Crippen LogP contribution in [0.15, 0.2) is 22.3 Å². The molecular weight excluding hydrogens is 1910 g/mol. The molecule has 6 aliphatic carbocycles. The van der Waals surface area contributed by atoms with E-state index in [-0.39, 0.29) is 220 Å². The minimum absolute atomic E-state index is 0. The van der Waals surface area contributed by atoms with Crippen LogP contribution in [0, 0.1) is 227 Å². The fraction of sp³-hybridized carbons (Fsp3) is 0.836. The topological polar surface area (TPSA) is 338 Å². The van der Waals surface area contributed by atoms with Gasteiger partial charge in [0.2, 0.25) is 5.91 Å². The molecule has 0 aromatic carbocycles. The van der Waals surface area contributed by atoms with E-state index in [1.54, 1.807) is 69.4 Å². The molecule has 0 spiro atoms. The van der Waals surface area contributed by atoms with Crippen molar-refractivity contribution in [1.29, 1.82) is 0 Å². The second-order valence-corrected chi connectivity index (χ2v) is 25.8. The number of amides is 1. The Balaban J connectivity index is 0.000000405. The van der Waals surface area contributed by atoms with Crippen molar-refractivity contribution in [1.82, 2.24) is 10.6 Å². The summed E-state index contributed by atoms with van der Waals surface area (Å²) in [7, 11) is 0.434. The first-order valence-corrected chi connectivity index (χ1v) is 27.3. The van der Waals surface area contributed by atoms with Crippen LogP contribution in [0.4, 0.5) is 0 Å². The molecular formula is C55H87Ac4BN2O19. The summed E-state index contributed by atoms with van der Waals surface area (Å²) in [5.74, 6) is -6.64. The molecule has 1 amide bonds. The van der Waals surface area contributed by atoms with Crippen molar-refractivity contribution in [3.63, 3.8) is 0 Å². The number of aliphatic hydroxyl groups excluding tert-OH is 4. The van der Waals surface area contributed by atoms with Gasteiger partial charge in [-0.2, -0.15) is 0 Å². The molecule has 8 aliphatic rings. The van der Waals surface area contributed by atoms with E-state index in [0.29, 0.717) is 23.1 Å². The van der Waals surface area contributed by atoms with Crippen molar-refractivity contribution in [2.45, 2.75) is 219 Å². The molecule has 446 valence electrons. The van der Waals surface area contributed by atoms with Crippen molar-refractivity contribution in [2.75, 3.05) is 20.3 Å². The monoisotopic (exact) mass is 2000 g/mol. The standard InChI is InChI=1S/C28H46BNO9.C27H41NO10.4Ac/c1-13-10-18-27(34,12-37-18)22-15(3)28(35)11-17(38-24(33)21(16(4)30-9)39-29(8)36)14(2)19(25(28,5)6)20(31)23(32)26(13,22)7;1-11-15(38-23(34)19(31)13(3)28-14(4)29)9-27(36)12(2)21-25(7,16(30)8-17-26(21,35)10-37-17)22(33)20(32)18(11)24(27,5)6;;;;/h13,15-18,20-22,30-31,34-36H,10-12H2,1-9H3;12-13,15-17,19-21,30-32,35-36H,8-10H2,1-7H3,(H,28,29);;;;/t13-,15-,16-,17-,18+,20+,21+,22-,26+,27-,28+;12-,13-,15-,16-,17+,19+,20+,21-,25+,26-,27+;;;;/m00..../s1. The van der Waals surface area contributed by atoms with Crippen LogP contribution >= 0.6 is 0 Å². The molecule has 0 aromatic rings. The quantitative estimate of drug-likeness (QED) is 0.0791. The normalized spacial score (nSPS) is 42.8. The zero-order valence-corrected chi connectivity index (χ0v) is 69.0. The van der Waals surface area contributed by atoms with Gasteiger partial charge in [-0.15, -0.1) is 0 Å².